The molecule has 0 fully saturated rings. The zero-order chi connectivity index (χ0) is 12.1. The van der Waals surface area contributed by atoms with E-state index in [4.69, 9.17) is 5.26 Å². The molecule has 0 N–H and O–H groups in total. The summed E-state index contributed by atoms with van der Waals surface area (Å²) < 4.78 is 28.3. The van der Waals surface area contributed by atoms with E-state index < -0.39 is 6.61 Å². The van der Waals surface area contributed by atoms with Gasteiger partial charge in [0.25, 0.3) is 0 Å². The van der Waals surface area contributed by atoms with Gasteiger partial charge in [0.15, 0.2) is 0 Å². The number of alkyl halides is 2. The molecular weight excluding hydrogens is 232 g/mol. The summed E-state index contributed by atoms with van der Waals surface area (Å²) in [6, 6.07) is 6.54. The van der Waals surface area contributed by atoms with Crippen LogP contribution in [0.5, 0.6) is 5.75 Å². The van der Waals surface area contributed by atoms with E-state index in [1.807, 2.05) is 19.2 Å². The summed E-state index contributed by atoms with van der Waals surface area (Å²) in [5, 5.41) is 9.04. The third-order valence-corrected chi connectivity index (χ3v) is 3.14. The average Bonchev–Trinajstić information content (AvgIpc) is 2.27. The molecule has 0 saturated heterocycles. The Balaban J connectivity index is 3.03. The fourth-order valence-electron chi connectivity index (χ4n) is 1.22. The van der Waals surface area contributed by atoms with Crippen LogP contribution in [0.4, 0.5) is 8.78 Å². The summed E-state index contributed by atoms with van der Waals surface area (Å²) in [5.41, 5.74) is 1.06. The number of ether oxygens (including phenoxy) is 1. The topological polar surface area (TPSA) is 33.0 Å². The molecule has 2 nitrogen and oxygen atoms in total. The fourth-order valence-corrected chi connectivity index (χ4v) is 1.64. The highest BCUT2D eigenvalue weighted by atomic mass is 32.2. The summed E-state index contributed by atoms with van der Waals surface area (Å²) in [7, 11) is 0. The van der Waals surface area contributed by atoms with Crippen molar-refractivity contribution in [3.63, 3.8) is 0 Å². The molecule has 0 aliphatic heterocycles. The summed E-state index contributed by atoms with van der Waals surface area (Å²) in [6.07, 6.45) is 1.94. The molecule has 16 heavy (non-hydrogen) atoms. The second-order valence-corrected chi connectivity index (χ2v) is 4.30. The molecule has 0 spiro atoms. The number of nitrogens with zero attached hydrogens (tertiary/aromatic N) is 1. The Kier molecular flexibility index (Phi) is 4.56. The van der Waals surface area contributed by atoms with Crippen LogP contribution in [0.2, 0.25) is 0 Å². The Morgan fingerprint density at radius 3 is 2.62 bits per heavy atom. The summed E-state index contributed by atoms with van der Waals surface area (Å²) in [4.78, 5) is 0. The molecule has 0 aliphatic carbocycles. The van der Waals surface area contributed by atoms with Gasteiger partial charge in [-0.15, -0.1) is 0 Å². The lowest BCUT2D eigenvalue weighted by Crippen LogP contribution is -2.04. The summed E-state index contributed by atoms with van der Waals surface area (Å²) in [6.45, 7) is -0.926. The first-order valence-corrected chi connectivity index (χ1v) is 5.89. The van der Waals surface area contributed by atoms with Crippen LogP contribution in [0.3, 0.4) is 0 Å². The van der Waals surface area contributed by atoms with Crippen LogP contribution < -0.4 is 4.74 Å². The fraction of sp³-hybridized carbons (Fsp3) is 0.364. The first kappa shape index (κ1) is 12.8. The molecule has 0 heterocycles. The molecular formula is C11H11F2NOS. The molecule has 1 aromatic rings. The molecule has 5 heteroatoms. The molecule has 0 bridgehead atoms. The monoisotopic (exact) mass is 243 g/mol. The third kappa shape index (κ3) is 3.11. The van der Waals surface area contributed by atoms with Crippen molar-refractivity contribution in [1.82, 2.24) is 0 Å². The van der Waals surface area contributed by atoms with E-state index in [0.717, 1.165) is 5.56 Å². The summed E-state index contributed by atoms with van der Waals surface area (Å²) in [5.74, 6) is -0.0745. The van der Waals surface area contributed by atoms with Gasteiger partial charge < -0.3 is 4.74 Å². The van der Waals surface area contributed by atoms with E-state index in [1.54, 1.807) is 23.9 Å². The van der Waals surface area contributed by atoms with Gasteiger partial charge in [0.2, 0.25) is 0 Å². The van der Waals surface area contributed by atoms with Crippen LogP contribution in [-0.4, -0.2) is 12.9 Å². The molecule has 1 aromatic carbocycles. The molecule has 0 amide bonds. The zero-order valence-corrected chi connectivity index (χ0v) is 9.72. The minimum absolute atomic E-state index is 0.0745. The molecule has 0 saturated carbocycles. The van der Waals surface area contributed by atoms with Gasteiger partial charge in [-0.3, -0.25) is 0 Å². The van der Waals surface area contributed by atoms with Gasteiger partial charge in [0, 0.05) is 5.25 Å². The third-order valence-electron chi connectivity index (χ3n) is 2.16. The lowest BCUT2D eigenvalue weighted by atomic mass is 10.1. The van der Waals surface area contributed by atoms with Crippen LogP contribution in [0.15, 0.2) is 18.2 Å². The number of hydrogen-bond acceptors (Lipinski definition) is 3. The van der Waals surface area contributed by atoms with E-state index in [-0.39, 0.29) is 16.6 Å². The van der Waals surface area contributed by atoms with Crippen molar-refractivity contribution in [3.8, 4) is 11.8 Å². The number of benzene rings is 1. The lowest BCUT2D eigenvalue weighted by Gasteiger charge is -2.11. The van der Waals surface area contributed by atoms with Gasteiger partial charge in [-0.2, -0.15) is 25.8 Å². The highest BCUT2D eigenvalue weighted by molar-refractivity contribution is 7.98. The second kappa shape index (κ2) is 5.71. The summed E-state index contributed by atoms with van der Waals surface area (Å²) >= 11 is 1.62. The smallest absolute Gasteiger partial charge is 0.387 e. The number of halogens is 2. The minimum Gasteiger partial charge on any atom is -0.433 e. The molecule has 1 rings (SSSR count). The van der Waals surface area contributed by atoms with Gasteiger partial charge in [0.1, 0.15) is 11.8 Å². The van der Waals surface area contributed by atoms with E-state index in [1.165, 1.54) is 6.07 Å². The number of thioether (sulfide) groups is 1. The van der Waals surface area contributed by atoms with Crippen molar-refractivity contribution in [3.05, 3.63) is 29.3 Å². The highest BCUT2D eigenvalue weighted by Gasteiger charge is 2.12. The van der Waals surface area contributed by atoms with Gasteiger partial charge in [-0.1, -0.05) is 6.07 Å². The Morgan fingerprint density at radius 1 is 1.44 bits per heavy atom. The highest BCUT2D eigenvalue weighted by Crippen LogP contribution is 2.30. The maximum absolute atomic E-state index is 12.0. The first-order chi connectivity index (χ1) is 7.58. The number of rotatable bonds is 4. The van der Waals surface area contributed by atoms with E-state index >= 15 is 0 Å². The molecule has 0 radical (unpaired) electrons. The maximum atomic E-state index is 12.0. The predicted octanol–water partition coefficient (Wildman–Crippen LogP) is 3.58. The van der Waals surface area contributed by atoms with Crippen LogP contribution in [0.1, 0.15) is 23.3 Å². The first-order valence-electron chi connectivity index (χ1n) is 4.60. The van der Waals surface area contributed by atoms with Crippen molar-refractivity contribution in [1.29, 1.82) is 5.26 Å². The minimum atomic E-state index is -2.91. The number of nitriles is 1. The Bertz CT molecular complexity index is 403. The Labute approximate surface area is 97.2 Å². The van der Waals surface area contributed by atoms with Gasteiger partial charge >= 0.3 is 6.61 Å². The van der Waals surface area contributed by atoms with E-state index in [9.17, 15) is 8.78 Å². The average molecular weight is 243 g/mol. The largest absolute Gasteiger partial charge is 0.433 e. The maximum Gasteiger partial charge on any atom is 0.387 e. The van der Waals surface area contributed by atoms with Gasteiger partial charge in [0.05, 0.1) is 5.56 Å². The standard InChI is InChI=1S/C11H11F2NOS/c1-7(16-2)8-3-4-10(15-11(12)13)9(5-8)6-14/h3-5,7,11H,1-2H3. The van der Waals surface area contributed by atoms with Crippen molar-refractivity contribution < 1.29 is 13.5 Å². The van der Waals surface area contributed by atoms with Crippen molar-refractivity contribution in [2.24, 2.45) is 0 Å². The molecule has 0 aromatic heterocycles. The number of hydrogen-bond donors (Lipinski definition) is 0. The molecule has 86 valence electrons. The Morgan fingerprint density at radius 2 is 2.12 bits per heavy atom. The lowest BCUT2D eigenvalue weighted by molar-refractivity contribution is -0.0500. The Hall–Kier alpha value is -1.28. The van der Waals surface area contributed by atoms with Crippen LogP contribution >= 0.6 is 11.8 Å². The van der Waals surface area contributed by atoms with Gasteiger partial charge in [-0.25, -0.2) is 0 Å². The SMILES string of the molecule is CSC(C)c1ccc(OC(F)F)c(C#N)c1. The molecule has 1 atom stereocenters. The van der Waals surface area contributed by atoms with E-state index in [2.05, 4.69) is 4.74 Å². The molecule has 0 aliphatic rings. The van der Waals surface area contributed by atoms with Gasteiger partial charge in [-0.05, 0) is 30.9 Å². The van der Waals surface area contributed by atoms with Crippen LogP contribution in [0.25, 0.3) is 0 Å². The van der Waals surface area contributed by atoms with Crippen molar-refractivity contribution in [2.75, 3.05) is 6.26 Å². The van der Waals surface area contributed by atoms with Crippen LogP contribution in [0, 0.1) is 11.3 Å². The quantitative estimate of drug-likeness (QED) is 0.810. The van der Waals surface area contributed by atoms with Crippen molar-refractivity contribution >= 4 is 11.8 Å². The second-order valence-electron chi connectivity index (χ2n) is 3.12. The zero-order valence-electron chi connectivity index (χ0n) is 8.91. The molecule has 1 unspecified atom stereocenters. The normalized spacial score (nSPS) is 12.2. The van der Waals surface area contributed by atoms with Crippen LogP contribution in [-0.2, 0) is 0 Å². The van der Waals surface area contributed by atoms with E-state index in [0.29, 0.717) is 0 Å². The predicted molar refractivity (Wildman–Crippen MR) is 59.7 cm³/mol. The van der Waals surface area contributed by atoms with Crippen molar-refractivity contribution in [2.45, 2.75) is 18.8 Å².